The van der Waals surface area contributed by atoms with Gasteiger partial charge < -0.3 is 18.8 Å². The Kier molecular flexibility index (Phi) is 7.04. The first-order valence-electron chi connectivity index (χ1n) is 12.2. The Morgan fingerprint density at radius 3 is 2.39 bits per heavy atom. The molecule has 1 aromatic heterocycles. The van der Waals surface area contributed by atoms with Crippen LogP contribution in [-0.4, -0.2) is 60.7 Å². The molecule has 1 aliphatic heterocycles. The zero-order valence-electron chi connectivity index (χ0n) is 21.3. The fraction of sp³-hybridized carbons (Fsp3) is 0.241. The molecule has 2 heterocycles. The lowest BCUT2D eigenvalue weighted by Crippen LogP contribution is -2.49. The predicted octanol–water partition coefficient (Wildman–Crippen LogP) is 4.20. The number of methoxy groups -OCH3 is 2. The number of hydrogen-bond donors (Lipinski definition) is 0. The van der Waals surface area contributed by atoms with Crippen LogP contribution in [0.5, 0.6) is 0 Å². The highest BCUT2D eigenvalue weighted by Crippen LogP contribution is 2.30. The van der Waals surface area contributed by atoms with Crippen LogP contribution < -0.4 is 4.90 Å². The molecule has 0 saturated carbocycles. The maximum atomic E-state index is 13.6. The Hall–Kier alpha value is -4.34. The van der Waals surface area contributed by atoms with Crippen molar-refractivity contribution in [2.75, 3.05) is 25.7 Å². The van der Waals surface area contributed by atoms with Gasteiger partial charge in [0.15, 0.2) is 11.9 Å². The highest BCUT2D eigenvalue weighted by molar-refractivity contribution is 6.23. The van der Waals surface area contributed by atoms with Gasteiger partial charge in [-0.15, -0.1) is 0 Å². The first-order valence-corrected chi connectivity index (χ1v) is 12.2. The number of anilines is 1. The minimum absolute atomic E-state index is 0.0195. The summed E-state index contributed by atoms with van der Waals surface area (Å²) in [7, 11) is 2.91. The molecular weight excluding hydrogens is 486 g/mol. The van der Waals surface area contributed by atoms with Gasteiger partial charge in [-0.2, -0.15) is 0 Å². The summed E-state index contributed by atoms with van der Waals surface area (Å²) in [6.07, 6.45) is -0.917. The number of carbonyl (C=O) groups is 3. The second kappa shape index (κ2) is 10.6. The first kappa shape index (κ1) is 25.3. The van der Waals surface area contributed by atoms with Gasteiger partial charge in [-0.05, 0) is 55.0 Å². The molecule has 1 atom stereocenters. The normalized spacial score (nSPS) is 15.6. The number of ether oxygens (including phenoxy) is 2. The van der Waals surface area contributed by atoms with Crippen molar-refractivity contribution >= 4 is 34.5 Å². The van der Waals surface area contributed by atoms with E-state index in [-0.39, 0.29) is 18.9 Å². The maximum absolute atomic E-state index is 13.6. The van der Waals surface area contributed by atoms with Gasteiger partial charge in [0.25, 0.3) is 11.8 Å². The predicted molar refractivity (Wildman–Crippen MR) is 140 cm³/mol. The molecule has 38 heavy (non-hydrogen) atoms. The Bertz CT molecular complexity index is 1460. The number of hydrogen-bond acceptors (Lipinski definition) is 7. The summed E-state index contributed by atoms with van der Waals surface area (Å²) in [5, 5.41) is 0. The topological polar surface area (TPSA) is 102 Å². The lowest BCUT2D eigenvalue weighted by atomic mass is 10.1. The molecule has 1 saturated heterocycles. The van der Waals surface area contributed by atoms with Gasteiger partial charge in [-0.25, -0.2) is 9.88 Å². The van der Waals surface area contributed by atoms with Crippen LogP contribution in [0.4, 0.5) is 5.69 Å². The summed E-state index contributed by atoms with van der Waals surface area (Å²) in [6, 6.07) is 20.4. The number of oxazole rings is 1. The van der Waals surface area contributed by atoms with Crippen LogP contribution in [0.15, 0.2) is 77.2 Å². The molecule has 0 spiro atoms. The van der Waals surface area contributed by atoms with E-state index in [1.165, 1.54) is 19.1 Å². The van der Waals surface area contributed by atoms with Crippen LogP contribution in [0.3, 0.4) is 0 Å². The van der Waals surface area contributed by atoms with Crippen molar-refractivity contribution in [2.45, 2.75) is 25.7 Å². The number of imide groups is 1. The minimum Gasteiger partial charge on any atom is -0.436 e. The number of rotatable bonds is 8. The van der Waals surface area contributed by atoms with Crippen molar-refractivity contribution in [1.29, 1.82) is 0 Å². The van der Waals surface area contributed by atoms with Crippen LogP contribution in [0, 0.1) is 6.92 Å². The smallest absolute Gasteiger partial charge is 0.257 e. The number of aromatic nitrogens is 1. The number of aryl methyl sites for hydroxylation is 1. The summed E-state index contributed by atoms with van der Waals surface area (Å²) in [5.74, 6) is -0.822. The summed E-state index contributed by atoms with van der Waals surface area (Å²) in [5.41, 5.74) is 3.73. The lowest BCUT2D eigenvalue weighted by Gasteiger charge is -2.30. The number of nitrogens with zero attached hydrogens (tertiary/aromatic N) is 3. The average molecular weight is 514 g/mol. The third-order valence-electron chi connectivity index (χ3n) is 6.67. The lowest BCUT2D eigenvalue weighted by molar-refractivity contribution is -0.128. The molecule has 1 aliphatic rings. The zero-order chi connectivity index (χ0) is 26.8. The van der Waals surface area contributed by atoms with Crippen LogP contribution in [0.25, 0.3) is 22.6 Å². The summed E-state index contributed by atoms with van der Waals surface area (Å²) >= 11 is 0. The monoisotopic (exact) mass is 513 g/mol. The van der Waals surface area contributed by atoms with E-state index in [2.05, 4.69) is 4.98 Å². The first-order chi connectivity index (χ1) is 18.4. The standard InChI is InChI=1S/C29H27N3O6/c1-18-8-4-5-9-21(18)28(34)31(17-26(36-2)37-3)23-16-25(33)32(29(23)35)20-14-12-19(13-15-20)27-30-22-10-6-7-11-24(22)38-27/h4-15,23,26H,16-17H2,1-3H3. The van der Waals surface area contributed by atoms with Gasteiger partial charge in [0.1, 0.15) is 11.6 Å². The Morgan fingerprint density at radius 1 is 1.03 bits per heavy atom. The molecule has 4 aromatic rings. The largest absolute Gasteiger partial charge is 0.436 e. The van der Waals surface area contributed by atoms with Gasteiger partial charge in [0, 0.05) is 25.3 Å². The fourth-order valence-electron chi connectivity index (χ4n) is 4.60. The third kappa shape index (κ3) is 4.69. The minimum atomic E-state index is -1.00. The molecule has 0 radical (unpaired) electrons. The third-order valence-corrected chi connectivity index (χ3v) is 6.67. The number of fused-ring (bicyclic) bond motifs is 1. The number of carbonyl (C=O) groups excluding carboxylic acids is 3. The molecule has 0 aliphatic carbocycles. The Balaban J connectivity index is 1.42. The summed E-state index contributed by atoms with van der Waals surface area (Å²) < 4.78 is 16.5. The Morgan fingerprint density at radius 2 is 1.71 bits per heavy atom. The summed E-state index contributed by atoms with van der Waals surface area (Å²) in [4.78, 5) is 47.3. The Labute approximate surface area is 219 Å². The van der Waals surface area contributed by atoms with E-state index in [0.717, 1.165) is 16.0 Å². The molecule has 1 unspecified atom stereocenters. The van der Waals surface area contributed by atoms with Gasteiger partial charge >= 0.3 is 0 Å². The highest BCUT2D eigenvalue weighted by atomic mass is 16.7. The van der Waals surface area contributed by atoms with Crippen molar-refractivity contribution in [3.8, 4) is 11.5 Å². The fourth-order valence-corrected chi connectivity index (χ4v) is 4.60. The second-order valence-corrected chi connectivity index (χ2v) is 8.99. The molecule has 0 N–H and O–H groups in total. The molecule has 3 amide bonds. The molecule has 5 rings (SSSR count). The van der Waals surface area contributed by atoms with Crippen molar-refractivity contribution in [3.63, 3.8) is 0 Å². The molecule has 194 valence electrons. The van der Waals surface area contributed by atoms with E-state index in [0.29, 0.717) is 28.3 Å². The van der Waals surface area contributed by atoms with Gasteiger partial charge in [0.2, 0.25) is 11.8 Å². The quantitative estimate of drug-likeness (QED) is 0.257. The van der Waals surface area contributed by atoms with Crippen molar-refractivity contribution in [3.05, 3.63) is 83.9 Å². The zero-order valence-corrected chi connectivity index (χ0v) is 21.3. The van der Waals surface area contributed by atoms with Crippen molar-refractivity contribution in [1.82, 2.24) is 9.88 Å². The van der Waals surface area contributed by atoms with Crippen LogP contribution in [0.1, 0.15) is 22.3 Å². The van der Waals surface area contributed by atoms with E-state index in [4.69, 9.17) is 13.9 Å². The molecule has 9 heteroatoms. The molecule has 0 bridgehead atoms. The van der Waals surface area contributed by atoms with E-state index in [1.807, 2.05) is 43.3 Å². The summed E-state index contributed by atoms with van der Waals surface area (Å²) in [6.45, 7) is 1.80. The second-order valence-electron chi connectivity index (χ2n) is 8.99. The SMILES string of the molecule is COC(CN(C(=O)c1ccccc1C)C1CC(=O)N(c2ccc(-c3nc4ccccc4o3)cc2)C1=O)OC. The molecular formula is C29H27N3O6. The van der Waals surface area contributed by atoms with Crippen molar-refractivity contribution < 1.29 is 28.3 Å². The van der Waals surface area contributed by atoms with Crippen LogP contribution in [-0.2, 0) is 19.1 Å². The molecule has 9 nitrogen and oxygen atoms in total. The number of para-hydroxylation sites is 2. The molecule has 3 aromatic carbocycles. The van der Waals surface area contributed by atoms with Gasteiger partial charge in [0.05, 0.1) is 18.7 Å². The van der Waals surface area contributed by atoms with E-state index in [9.17, 15) is 14.4 Å². The van der Waals surface area contributed by atoms with E-state index >= 15 is 0 Å². The number of benzene rings is 3. The van der Waals surface area contributed by atoms with E-state index < -0.39 is 24.1 Å². The highest BCUT2D eigenvalue weighted by Gasteiger charge is 2.45. The van der Waals surface area contributed by atoms with E-state index in [1.54, 1.807) is 36.4 Å². The number of amides is 3. The van der Waals surface area contributed by atoms with Crippen molar-refractivity contribution in [2.24, 2.45) is 0 Å². The van der Waals surface area contributed by atoms with Gasteiger partial charge in [-0.3, -0.25) is 14.4 Å². The molecule has 1 fully saturated rings. The maximum Gasteiger partial charge on any atom is 0.257 e. The average Bonchev–Trinajstić information content (AvgIpc) is 3.50. The van der Waals surface area contributed by atoms with Crippen LogP contribution in [0.2, 0.25) is 0 Å². The van der Waals surface area contributed by atoms with Crippen LogP contribution >= 0.6 is 0 Å². The van der Waals surface area contributed by atoms with Gasteiger partial charge in [-0.1, -0.05) is 30.3 Å².